The van der Waals surface area contributed by atoms with Crippen LogP contribution in [0.2, 0.25) is 0 Å². The lowest BCUT2D eigenvalue weighted by Crippen LogP contribution is -2.89. The Balaban J connectivity index is 1.98. The number of hydrogen-bond acceptors (Lipinski definition) is 4. The number of rotatable bonds is 3. The molecule has 114 valence electrons. The molecule has 1 aromatic heterocycles. The van der Waals surface area contributed by atoms with Crippen molar-refractivity contribution in [1.82, 2.24) is 9.78 Å². The maximum atomic E-state index is 12.1. The smallest absolute Gasteiger partial charge is 0.436 e. The number of quaternary nitrogens is 1. The van der Waals surface area contributed by atoms with E-state index < -0.39 is 6.09 Å². The van der Waals surface area contributed by atoms with Gasteiger partial charge in [-0.15, -0.1) is 4.68 Å². The number of hydrogen-bond donors (Lipinski definition) is 2. The lowest BCUT2D eigenvalue weighted by Gasteiger charge is -2.13. The molecule has 0 saturated heterocycles. The van der Waals surface area contributed by atoms with E-state index in [0.29, 0.717) is 12.4 Å². The summed E-state index contributed by atoms with van der Waals surface area (Å²) in [7, 11) is 0. The normalized spacial score (nSPS) is 19.2. The minimum atomic E-state index is -0.547. The van der Waals surface area contributed by atoms with Gasteiger partial charge >= 0.3 is 6.09 Å². The molecule has 3 N–H and O–H groups in total. The maximum Gasteiger partial charge on any atom is 0.436 e. The number of amides is 1. The first kappa shape index (κ1) is 14.1. The van der Waals surface area contributed by atoms with Gasteiger partial charge in [0.25, 0.3) is 0 Å². The monoisotopic (exact) mass is 293 g/mol. The topological polar surface area (TPSA) is 89.8 Å². The number of anilines is 1. The molecule has 1 aromatic rings. The molecule has 0 atom stereocenters. The second-order valence-corrected chi connectivity index (χ2v) is 6.18. The molecule has 7 heteroatoms. The summed E-state index contributed by atoms with van der Waals surface area (Å²) in [5.74, 6) is 0.514. The van der Waals surface area contributed by atoms with Gasteiger partial charge in [0, 0.05) is 5.92 Å². The van der Waals surface area contributed by atoms with Crippen molar-refractivity contribution >= 4 is 17.8 Å². The third-order valence-electron chi connectivity index (χ3n) is 4.04. The van der Waals surface area contributed by atoms with Crippen molar-refractivity contribution in [3.8, 4) is 0 Å². The highest BCUT2D eigenvalue weighted by Gasteiger charge is 2.42. The van der Waals surface area contributed by atoms with Gasteiger partial charge in [-0.3, -0.25) is 4.79 Å². The molecule has 21 heavy (non-hydrogen) atoms. The molecule has 1 fully saturated rings. The SMILES string of the molecule is CCOC(=O)n1nc2c(c1NC(=O)C1CC1)C[NH2+]C2(C)C. The average Bonchev–Trinajstić information content (AvgIpc) is 3.14. The molecule has 0 unspecified atom stereocenters. The Hall–Kier alpha value is -1.89. The zero-order valence-corrected chi connectivity index (χ0v) is 12.6. The van der Waals surface area contributed by atoms with Crippen LogP contribution in [0.4, 0.5) is 10.6 Å². The van der Waals surface area contributed by atoms with Crippen molar-refractivity contribution in [2.45, 2.75) is 45.7 Å². The number of nitrogens with two attached hydrogens (primary N) is 1. The number of nitrogens with one attached hydrogen (secondary N) is 1. The maximum absolute atomic E-state index is 12.1. The lowest BCUT2D eigenvalue weighted by molar-refractivity contribution is -0.734. The van der Waals surface area contributed by atoms with Crippen LogP contribution in [-0.4, -0.2) is 28.4 Å². The van der Waals surface area contributed by atoms with Crippen molar-refractivity contribution in [2.24, 2.45) is 5.92 Å². The van der Waals surface area contributed by atoms with Crippen LogP contribution in [0.3, 0.4) is 0 Å². The van der Waals surface area contributed by atoms with Crippen molar-refractivity contribution < 1.29 is 19.6 Å². The highest BCUT2D eigenvalue weighted by molar-refractivity contribution is 5.95. The minimum Gasteiger partial charge on any atom is -0.448 e. The fraction of sp³-hybridized carbons (Fsp3) is 0.643. The largest absolute Gasteiger partial charge is 0.448 e. The first-order valence-corrected chi connectivity index (χ1v) is 7.38. The van der Waals surface area contributed by atoms with E-state index in [2.05, 4.69) is 15.7 Å². The van der Waals surface area contributed by atoms with Gasteiger partial charge < -0.3 is 15.4 Å². The Kier molecular flexibility index (Phi) is 3.24. The fourth-order valence-corrected chi connectivity index (χ4v) is 2.62. The van der Waals surface area contributed by atoms with Gasteiger partial charge in [0.1, 0.15) is 17.8 Å². The number of ether oxygens (including phenoxy) is 1. The number of nitrogens with zero attached hydrogens (tertiary/aromatic N) is 2. The molecule has 7 nitrogen and oxygen atoms in total. The summed E-state index contributed by atoms with van der Waals surface area (Å²) < 4.78 is 6.23. The van der Waals surface area contributed by atoms with Gasteiger partial charge in [-0.2, -0.15) is 5.10 Å². The molecule has 0 aromatic carbocycles. The summed E-state index contributed by atoms with van der Waals surface area (Å²) >= 11 is 0. The number of aromatic nitrogens is 2. The Morgan fingerprint density at radius 2 is 2.19 bits per heavy atom. The molecule has 1 amide bonds. The predicted octanol–water partition coefficient (Wildman–Crippen LogP) is 0.548. The Morgan fingerprint density at radius 3 is 2.81 bits per heavy atom. The molecule has 1 aliphatic carbocycles. The van der Waals surface area contributed by atoms with Crippen molar-refractivity contribution in [3.05, 3.63) is 11.3 Å². The Morgan fingerprint density at radius 1 is 1.48 bits per heavy atom. The summed E-state index contributed by atoms with van der Waals surface area (Å²) in [5, 5.41) is 9.41. The van der Waals surface area contributed by atoms with Gasteiger partial charge in [-0.1, -0.05) is 0 Å². The van der Waals surface area contributed by atoms with Crippen LogP contribution in [0.5, 0.6) is 0 Å². The second-order valence-electron chi connectivity index (χ2n) is 6.18. The highest BCUT2D eigenvalue weighted by atomic mass is 16.6. The zero-order chi connectivity index (χ0) is 15.2. The van der Waals surface area contributed by atoms with E-state index in [4.69, 9.17) is 4.74 Å². The van der Waals surface area contributed by atoms with E-state index in [1.165, 1.54) is 4.68 Å². The van der Waals surface area contributed by atoms with E-state index in [1.807, 2.05) is 13.8 Å². The molecule has 2 heterocycles. The second kappa shape index (κ2) is 4.84. The van der Waals surface area contributed by atoms with E-state index >= 15 is 0 Å². The number of fused-ring (bicyclic) bond motifs is 1. The van der Waals surface area contributed by atoms with Crippen molar-refractivity contribution in [1.29, 1.82) is 0 Å². The molecule has 0 radical (unpaired) electrons. The van der Waals surface area contributed by atoms with Crippen LogP contribution in [-0.2, 0) is 21.6 Å². The zero-order valence-electron chi connectivity index (χ0n) is 12.6. The molecular weight excluding hydrogens is 272 g/mol. The molecule has 0 spiro atoms. The first-order valence-electron chi connectivity index (χ1n) is 7.38. The van der Waals surface area contributed by atoms with Crippen LogP contribution >= 0.6 is 0 Å². The van der Waals surface area contributed by atoms with Gasteiger partial charge in [0.05, 0.1) is 12.2 Å². The molecule has 1 aliphatic heterocycles. The van der Waals surface area contributed by atoms with Crippen LogP contribution in [0.1, 0.15) is 44.9 Å². The van der Waals surface area contributed by atoms with Crippen LogP contribution in [0, 0.1) is 5.92 Å². The van der Waals surface area contributed by atoms with Gasteiger partial charge in [0.15, 0.2) is 5.82 Å². The Bertz CT molecular complexity index is 602. The standard InChI is InChI=1S/C14H20N4O3/c1-4-21-13(20)18-11(16-12(19)8-5-6-8)9-7-15-14(2,3)10(9)17-18/h8,15H,4-7H2,1-3H3,(H,16,19)/p+1. The summed E-state index contributed by atoms with van der Waals surface area (Å²) in [4.78, 5) is 24.1. The summed E-state index contributed by atoms with van der Waals surface area (Å²) in [6.07, 6.45) is 1.28. The van der Waals surface area contributed by atoms with Gasteiger partial charge in [-0.25, -0.2) is 4.79 Å². The van der Waals surface area contributed by atoms with Crippen molar-refractivity contribution in [2.75, 3.05) is 11.9 Å². The summed E-state index contributed by atoms with van der Waals surface area (Å²) in [6, 6.07) is 0. The van der Waals surface area contributed by atoms with Crippen molar-refractivity contribution in [3.63, 3.8) is 0 Å². The molecular formula is C14H21N4O3+. The minimum absolute atomic E-state index is 0.0343. The van der Waals surface area contributed by atoms with E-state index in [9.17, 15) is 9.59 Å². The molecule has 0 bridgehead atoms. The molecule has 2 aliphatic rings. The van der Waals surface area contributed by atoms with Crippen LogP contribution in [0.25, 0.3) is 0 Å². The van der Waals surface area contributed by atoms with Gasteiger partial charge in [0.2, 0.25) is 5.91 Å². The van der Waals surface area contributed by atoms with E-state index in [0.717, 1.165) is 24.1 Å². The van der Waals surface area contributed by atoms with E-state index in [-0.39, 0.29) is 24.0 Å². The van der Waals surface area contributed by atoms with Gasteiger partial charge in [-0.05, 0) is 33.6 Å². The van der Waals surface area contributed by atoms with Crippen LogP contribution < -0.4 is 10.6 Å². The number of carbonyl (C=O) groups is 2. The number of carbonyl (C=O) groups excluding carboxylic acids is 2. The third-order valence-corrected chi connectivity index (χ3v) is 4.04. The van der Waals surface area contributed by atoms with Crippen LogP contribution in [0.15, 0.2) is 0 Å². The highest BCUT2D eigenvalue weighted by Crippen LogP contribution is 2.33. The fourth-order valence-electron chi connectivity index (χ4n) is 2.62. The third kappa shape index (κ3) is 2.42. The van der Waals surface area contributed by atoms with E-state index in [1.54, 1.807) is 6.92 Å². The lowest BCUT2D eigenvalue weighted by atomic mass is 10.0. The average molecular weight is 293 g/mol. The molecule has 3 rings (SSSR count). The Labute approximate surface area is 123 Å². The molecule has 1 saturated carbocycles. The first-order chi connectivity index (χ1) is 9.94. The summed E-state index contributed by atoms with van der Waals surface area (Å²) in [6.45, 7) is 6.81. The predicted molar refractivity (Wildman–Crippen MR) is 74.7 cm³/mol. The summed E-state index contributed by atoms with van der Waals surface area (Å²) in [5.41, 5.74) is 1.55. The quantitative estimate of drug-likeness (QED) is 0.851.